The van der Waals surface area contributed by atoms with Gasteiger partial charge in [0.15, 0.2) is 0 Å². The van der Waals surface area contributed by atoms with Gasteiger partial charge in [-0.3, -0.25) is 0 Å². The van der Waals surface area contributed by atoms with Crippen LogP contribution in [0.1, 0.15) is 16.7 Å². The molecule has 5 nitrogen and oxygen atoms in total. The van der Waals surface area contributed by atoms with Crippen LogP contribution in [0.15, 0.2) is 63.9 Å². The molecule has 0 spiro atoms. The van der Waals surface area contributed by atoms with Crippen molar-refractivity contribution in [1.82, 2.24) is 0 Å². The fourth-order valence-corrected chi connectivity index (χ4v) is 2.76. The summed E-state index contributed by atoms with van der Waals surface area (Å²) < 4.78 is 32.8. The molecule has 0 radical (unpaired) electrons. The Morgan fingerprint density at radius 2 is 1.67 bits per heavy atom. The summed E-state index contributed by atoms with van der Waals surface area (Å²) in [5.41, 5.74) is 2.20. The average molecular weight is 343 g/mol. The first-order chi connectivity index (χ1) is 11.4. The second-order valence-corrected chi connectivity index (χ2v) is 6.64. The Bertz CT molecular complexity index is 881. The summed E-state index contributed by atoms with van der Waals surface area (Å²) in [4.78, 5) is 11.3. The molecule has 24 heavy (non-hydrogen) atoms. The molecule has 124 valence electrons. The minimum atomic E-state index is -3.77. The molecule has 0 saturated heterocycles. The molecule has 0 amide bonds. The van der Waals surface area contributed by atoms with E-state index in [0.29, 0.717) is 11.1 Å². The molecule has 0 aliphatic carbocycles. The highest BCUT2D eigenvalue weighted by Crippen LogP contribution is 2.14. The Morgan fingerprint density at radius 1 is 1.04 bits per heavy atom. The molecule has 2 rings (SSSR count). The predicted octanol–water partition coefficient (Wildman–Crippen LogP) is 2.99. The van der Waals surface area contributed by atoms with Gasteiger partial charge < -0.3 is 4.74 Å². The highest BCUT2D eigenvalue weighted by molar-refractivity contribution is 7.90. The number of sulfonamides is 1. The van der Waals surface area contributed by atoms with E-state index in [9.17, 15) is 13.2 Å². The van der Waals surface area contributed by atoms with Crippen molar-refractivity contribution in [3.63, 3.8) is 0 Å². The topological polar surface area (TPSA) is 72.8 Å². The van der Waals surface area contributed by atoms with Crippen molar-refractivity contribution in [3.8, 4) is 0 Å². The smallest absolute Gasteiger partial charge is 0.330 e. The van der Waals surface area contributed by atoms with Crippen LogP contribution in [0.2, 0.25) is 0 Å². The molecular formula is C18H17NO4S. The van der Waals surface area contributed by atoms with E-state index in [-0.39, 0.29) is 4.90 Å². The maximum absolute atomic E-state index is 12.3. The van der Waals surface area contributed by atoms with E-state index in [1.807, 2.05) is 6.92 Å². The zero-order valence-electron chi connectivity index (χ0n) is 13.3. The van der Waals surface area contributed by atoms with Gasteiger partial charge in [-0.25, -0.2) is 4.79 Å². The first-order valence-electron chi connectivity index (χ1n) is 7.14. The molecule has 2 aromatic carbocycles. The first-order valence-corrected chi connectivity index (χ1v) is 8.58. The summed E-state index contributed by atoms with van der Waals surface area (Å²) in [7, 11) is -2.49. The number of methoxy groups -OCH3 is 1. The second kappa shape index (κ2) is 7.70. The third-order valence-corrected chi connectivity index (χ3v) is 4.50. The molecule has 0 fully saturated rings. The van der Waals surface area contributed by atoms with Crippen LogP contribution in [-0.2, 0) is 19.6 Å². The normalized spacial score (nSPS) is 11.9. The minimum absolute atomic E-state index is 0.131. The number of nitrogens with zero attached hydrogens (tertiary/aromatic N) is 1. The molecule has 0 aromatic heterocycles. The SMILES string of the molecule is COC(=O)/C=C/c1ccccc1/C=N/S(=O)(=O)c1ccc(C)cc1. The molecular weight excluding hydrogens is 326 g/mol. The Balaban J connectivity index is 2.30. The Kier molecular flexibility index (Phi) is 5.65. The lowest BCUT2D eigenvalue weighted by Gasteiger charge is -2.01. The monoisotopic (exact) mass is 343 g/mol. The van der Waals surface area contributed by atoms with Crippen LogP contribution in [0.5, 0.6) is 0 Å². The number of esters is 1. The largest absolute Gasteiger partial charge is 0.466 e. The third-order valence-electron chi connectivity index (χ3n) is 3.25. The number of carbonyl (C=O) groups is 1. The second-order valence-electron chi connectivity index (χ2n) is 5.01. The molecule has 0 bridgehead atoms. The molecule has 0 N–H and O–H groups in total. The van der Waals surface area contributed by atoms with Gasteiger partial charge in [0.05, 0.1) is 12.0 Å². The van der Waals surface area contributed by atoms with Gasteiger partial charge >= 0.3 is 5.97 Å². The van der Waals surface area contributed by atoms with Crippen molar-refractivity contribution < 1.29 is 17.9 Å². The van der Waals surface area contributed by atoms with Crippen molar-refractivity contribution in [3.05, 3.63) is 71.3 Å². The maximum atomic E-state index is 12.3. The van der Waals surface area contributed by atoms with E-state index >= 15 is 0 Å². The summed E-state index contributed by atoms with van der Waals surface area (Å²) in [6.07, 6.45) is 4.08. The quantitative estimate of drug-likeness (QED) is 0.475. The molecule has 0 heterocycles. The number of carbonyl (C=O) groups excluding carboxylic acids is 1. The summed E-state index contributed by atoms with van der Waals surface area (Å²) in [6, 6.07) is 13.5. The molecule has 0 saturated carbocycles. The molecule has 0 aliphatic heterocycles. The van der Waals surface area contributed by atoms with Crippen LogP contribution in [0.3, 0.4) is 0 Å². The van der Waals surface area contributed by atoms with Crippen LogP contribution in [-0.4, -0.2) is 27.7 Å². The summed E-state index contributed by atoms with van der Waals surface area (Å²) in [6.45, 7) is 1.88. The van der Waals surface area contributed by atoms with Gasteiger partial charge in [-0.2, -0.15) is 12.8 Å². The van der Waals surface area contributed by atoms with Crippen molar-refractivity contribution in [1.29, 1.82) is 0 Å². The third kappa shape index (κ3) is 4.63. The Morgan fingerprint density at radius 3 is 2.29 bits per heavy atom. The predicted molar refractivity (Wildman–Crippen MR) is 93.5 cm³/mol. The minimum Gasteiger partial charge on any atom is -0.466 e. The molecule has 0 aliphatic rings. The van der Waals surface area contributed by atoms with Gasteiger partial charge in [0.25, 0.3) is 10.0 Å². The van der Waals surface area contributed by atoms with E-state index in [2.05, 4.69) is 9.13 Å². The van der Waals surface area contributed by atoms with E-state index in [1.54, 1.807) is 42.5 Å². The molecule has 0 unspecified atom stereocenters. The number of ether oxygens (including phenoxy) is 1. The van der Waals surface area contributed by atoms with Gasteiger partial charge in [0, 0.05) is 17.9 Å². The number of aryl methyl sites for hydroxylation is 1. The van der Waals surface area contributed by atoms with E-state index < -0.39 is 16.0 Å². The van der Waals surface area contributed by atoms with E-state index in [4.69, 9.17) is 0 Å². The Hall–Kier alpha value is -2.73. The molecule has 0 atom stereocenters. The van der Waals surface area contributed by atoms with Gasteiger partial charge in [0.2, 0.25) is 0 Å². The van der Waals surface area contributed by atoms with Crippen LogP contribution >= 0.6 is 0 Å². The van der Waals surface area contributed by atoms with Crippen molar-refractivity contribution in [2.45, 2.75) is 11.8 Å². The van der Waals surface area contributed by atoms with Crippen molar-refractivity contribution in [2.75, 3.05) is 7.11 Å². The van der Waals surface area contributed by atoms with Crippen LogP contribution in [0, 0.1) is 6.92 Å². The fraction of sp³-hybridized carbons (Fsp3) is 0.111. The zero-order valence-corrected chi connectivity index (χ0v) is 14.2. The fourth-order valence-electron chi connectivity index (χ4n) is 1.90. The van der Waals surface area contributed by atoms with Crippen molar-refractivity contribution in [2.24, 2.45) is 4.40 Å². The highest BCUT2D eigenvalue weighted by atomic mass is 32.2. The lowest BCUT2D eigenvalue weighted by Crippen LogP contribution is -1.99. The highest BCUT2D eigenvalue weighted by Gasteiger charge is 2.11. The number of rotatable bonds is 5. The number of hydrogen-bond acceptors (Lipinski definition) is 4. The van der Waals surface area contributed by atoms with Gasteiger partial charge in [-0.1, -0.05) is 42.0 Å². The van der Waals surface area contributed by atoms with Crippen LogP contribution < -0.4 is 0 Å². The Labute approximate surface area is 141 Å². The lowest BCUT2D eigenvalue weighted by atomic mass is 10.1. The van der Waals surface area contributed by atoms with Gasteiger partial charge in [0.1, 0.15) is 0 Å². The number of hydrogen-bond donors (Lipinski definition) is 0. The van der Waals surface area contributed by atoms with Gasteiger partial charge in [-0.05, 0) is 30.7 Å². The zero-order chi connectivity index (χ0) is 17.6. The van der Waals surface area contributed by atoms with Crippen LogP contribution in [0.4, 0.5) is 0 Å². The summed E-state index contributed by atoms with van der Waals surface area (Å²) >= 11 is 0. The summed E-state index contributed by atoms with van der Waals surface area (Å²) in [5, 5.41) is 0. The lowest BCUT2D eigenvalue weighted by molar-refractivity contribution is -0.134. The maximum Gasteiger partial charge on any atom is 0.330 e. The van der Waals surface area contributed by atoms with E-state index in [1.165, 1.54) is 31.5 Å². The van der Waals surface area contributed by atoms with Crippen LogP contribution in [0.25, 0.3) is 6.08 Å². The average Bonchev–Trinajstić information content (AvgIpc) is 2.59. The summed E-state index contributed by atoms with van der Waals surface area (Å²) in [5.74, 6) is -0.492. The number of benzene rings is 2. The van der Waals surface area contributed by atoms with E-state index in [0.717, 1.165) is 5.56 Å². The molecule has 6 heteroatoms. The molecule has 2 aromatic rings. The van der Waals surface area contributed by atoms with Gasteiger partial charge in [-0.15, -0.1) is 0 Å². The first kappa shape index (κ1) is 17.6. The van der Waals surface area contributed by atoms with Crippen molar-refractivity contribution >= 4 is 28.3 Å². The standard InChI is InChI=1S/C18H17NO4S/c1-14-7-10-17(11-8-14)24(21,22)19-13-16-6-4-3-5-15(16)9-12-18(20)23-2/h3-13H,1-2H3/b12-9+,19-13+.